The van der Waals surface area contributed by atoms with E-state index < -0.39 is 0 Å². The summed E-state index contributed by atoms with van der Waals surface area (Å²) >= 11 is 0. The normalized spacial score (nSPS) is 11.1. The number of hydrogen-bond donors (Lipinski definition) is 1. The lowest BCUT2D eigenvalue weighted by atomic mass is 10.2. The molecule has 0 aliphatic heterocycles. The molecular formula is C13H25N3O2. The molecule has 5 heteroatoms. The van der Waals surface area contributed by atoms with Crippen molar-refractivity contribution in [2.75, 3.05) is 33.5 Å². The molecule has 18 heavy (non-hydrogen) atoms. The summed E-state index contributed by atoms with van der Waals surface area (Å²) in [6.45, 7) is 9.09. The van der Waals surface area contributed by atoms with Crippen molar-refractivity contribution in [3.8, 4) is 0 Å². The topological polar surface area (TPSA) is 48.3 Å². The predicted octanol–water partition coefficient (Wildman–Crippen LogP) is 1.35. The molecule has 104 valence electrons. The zero-order chi connectivity index (χ0) is 13.2. The van der Waals surface area contributed by atoms with Crippen LogP contribution in [0.1, 0.15) is 24.6 Å². The number of hydrogen-bond acceptors (Lipinski definition) is 4. The van der Waals surface area contributed by atoms with Gasteiger partial charge in [-0.25, -0.2) is 0 Å². The molecule has 0 amide bonds. The van der Waals surface area contributed by atoms with Crippen LogP contribution < -0.4 is 5.32 Å². The molecule has 0 radical (unpaired) electrons. The molecule has 0 unspecified atom stereocenters. The van der Waals surface area contributed by atoms with Crippen molar-refractivity contribution in [2.45, 2.75) is 33.4 Å². The Morgan fingerprint density at radius 3 is 2.94 bits per heavy atom. The molecule has 0 atom stereocenters. The van der Waals surface area contributed by atoms with Crippen LogP contribution in [0.2, 0.25) is 0 Å². The maximum absolute atomic E-state index is 5.33. The molecule has 0 fully saturated rings. The fourth-order valence-corrected chi connectivity index (χ4v) is 1.74. The van der Waals surface area contributed by atoms with Gasteiger partial charge in [0.15, 0.2) is 0 Å². The number of ether oxygens (including phenoxy) is 2. The summed E-state index contributed by atoms with van der Waals surface area (Å²) in [5.74, 6) is 0. The van der Waals surface area contributed by atoms with Crippen LogP contribution in [-0.4, -0.2) is 43.3 Å². The maximum Gasteiger partial charge on any atom is 0.0587 e. The van der Waals surface area contributed by atoms with Gasteiger partial charge in [0.1, 0.15) is 0 Å². The third kappa shape index (κ3) is 5.16. The summed E-state index contributed by atoms with van der Waals surface area (Å²) in [6.07, 6.45) is 2.95. The molecule has 0 aliphatic rings. The van der Waals surface area contributed by atoms with E-state index in [2.05, 4.69) is 17.3 Å². The molecule has 1 aromatic rings. The van der Waals surface area contributed by atoms with Crippen molar-refractivity contribution in [2.24, 2.45) is 0 Å². The van der Waals surface area contributed by atoms with Gasteiger partial charge in [-0.15, -0.1) is 0 Å². The molecule has 5 nitrogen and oxygen atoms in total. The van der Waals surface area contributed by atoms with Gasteiger partial charge in [-0.3, -0.25) is 4.68 Å². The van der Waals surface area contributed by atoms with Crippen molar-refractivity contribution in [1.29, 1.82) is 0 Å². The number of aryl methyl sites for hydroxylation is 1. The molecule has 0 spiro atoms. The Hall–Kier alpha value is -0.910. The summed E-state index contributed by atoms with van der Waals surface area (Å²) < 4.78 is 12.4. The van der Waals surface area contributed by atoms with Gasteiger partial charge >= 0.3 is 0 Å². The molecule has 0 aliphatic carbocycles. The van der Waals surface area contributed by atoms with Gasteiger partial charge in [-0.05, 0) is 20.3 Å². The highest BCUT2D eigenvalue weighted by atomic mass is 16.5. The van der Waals surface area contributed by atoms with E-state index in [0.29, 0.717) is 0 Å². The van der Waals surface area contributed by atoms with E-state index in [-0.39, 0.29) is 0 Å². The van der Waals surface area contributed by atoms with Gasteiger partial charge in [0.25, 0.3) is 0 Å². The number of nitrogens with one attached hydrogen (secondary N) is 1. The van der Waals surface area contributed by atoms with Crippen molar-refractivity contribution >= 4 is 0 Å². The predicted molar refractivity (Wildman–Crippen MR) is 71.7 cm³/mol. The molecule has 1 heterocycles. The first kappa shape index (κ1) is 15.1. The quantitative estimate of drug-likeness (QED) is 0.641. The van der Waals surface area contributed by atoms with Crippen LogP contribution in [0.15, 0.2) is 6.20 Å². The van der Waals surface area contributed by atoms with Crippen molar-refractivity contribution < 1.29 is 9.47 Å². The minimum absolute atomic E-state index is 0.738. The van der Waals surface area contributed by atoms with E-state index in [0.717, 1.165) is 45.9 Å². The average molecular weight is 255 g/mol. The summed E-state index contributed by atoms with van der Waals surface area (Å²) in [7, 11) is 1.71. The molecule has 0 saturated heterocycles. The number of methoxy groups -OCH3 is 1. The Labute approximate surface area is 109 Å². The van der Waals surface area contributed by atoms with Gasteiger partial charge in [-0.1, -0.05) is 0 Å². The van der Waals surface area contributed by atoms with Crippen LogP contribution in [0.25, 0.3) is 0 Å². The second kappa shape index (κ2) is 9.08. The number of rotatable bonds is 10. The van der Waals surface area contributed by atoms with Crippen molar-refractivity contribution in [3.05, 3.63) is 17.5 Å². The first-order chi connectivity index (χ1) is 8.79. The summed E-state index contributed by atoms with van der Waals surface area (Å²) in [5, 5.41) is 7.73. The Balaban J connectivity index is 2.30. The highest BCUT2D eigenvalue weighted by molar-refractivity contribution is 5.15. The van der Waals surface area contributed by atoms with Gasteiger partial charge in [0.2, 0.25) is 0 Å². The first-order valence-corrected chi connectivity index (χ1v) is 6.58. The number of aromatic nitrogens is 2. The molecule has 0 aromatic carbocycles. The lowest BCUT2D eigenvalue weighted by Crippen LogP contribution is -2.19. The highest BCUT2D eigenvalue weighted by Crippen LogP contribution is 2.07. The second-order valence-electron chi connectivity index (χ2n) is 4.20. The first-order valence-electron chi connectivity index (χ1n) is 6.58. The Morgan fingerprint density at radius 2 is 2.22 bits per heavy atom. The summed E-state index contributed by atoms with van der Waals surface area (Å²) in [4.78, 5) is 0. The van der Waals surface area contributed by atoms with E-state index in [1.54, 1.807) is 7.11 Å². The van der Waals surface area contributed by atoms with Gasteiger partial charge in [0.05, 0.1) is 12.8 Å². The minimum atomic E-state index is 0.738. The van der Waals surface area contributed by atoms with E-state index in [1.807, 2.05) is 17.8 Å². The summed E-state index contributed by atoms with van der Waals surface area (Å²) in [6, 6.07) is 0. The largest absolute Gasteiger partial charge is 0.383 e. The smallest absolute Gasteiger partial charge is 0.0587 e. The minimum Gasteiger partial charge on any atom is -0.383 e. The zero-order valence-corrected chi connectivity index (χ0v) is 11.7. The fourth-order valence-electron chi connectivity index (χ4n) is 1.74. The van der Waals surface area contributed by atoms with Crippen molar-refractivity contribution in [1.82, 2.24) is 15.1 Å². The Bertz CT molecular complexity index is 297. The van der Waals surface area contributed by atoms with Crippen LogP contribution in [0, 0.1) is 6.92 Å². The maximum atomic E-state index is 5.33. The average Bonchev–Trinajstić information content (AvgIpc) is 2.72. The highest BCUT2D eigenvalue weighted by Gasteiger charge is 2.05. The lowest BCUT2D eigenvalue weighted by molar-refractivity contribution is 0.140. The SMILES string of the molecule is CCOCCCn1ncc(CNCCOC)c1C. The fraction of sp³-hybridized carbons (Fsp3) is 0.769. The van der Waals surface area contributed by atoms with E-state index in [9.17, 15) is 0 Å². The molecule has 1 N–H and O–H groups in total. The van der Waals surface area contributed by atoms with Crippen LogP contribution in [-0.2, 0) is 22.6 Å². The Kier molecular flexibility index (Phi) is 7.64. The Morgan fingerprint density at radius 1 is 1.39 bits per heavy atom. The standard InChI is InChI=1S/C13H25N3O2/c1-4-18-8-5-7-16-12(2)13(11-15-16)10-14-6-9-17-3/h11,14H,4-10H2,1-3H3. The monoisotopic (exact) mass is 255 g/mol. The van der Waals surface area contributed by atoms with Gasteiger partial charge < -0.3 is 14.8 Å². The van der Waals surface area contributed by atoms with Crippen LogP contribution in [0.4, 0.5) is 0 Å². The lowest BCUT2D eigenvalue weighted by Gasteiger charge is -2.06. The molecule has 1 rings (SSSR count). The number of nitrogens with zero attached hydrogens (tertiary/aromatic N) is 2. The second-order valence-corrected chi connectivity index (χ2v) is 4.20. The molecule has 0 bridgehead atoms. The van der Waals surface area contributed by atoms with E-state index in [4.69, 9.17) is 9.47 Å². The van der Waals surface area contributed by atoms with Gasteiger partial charge in [-0.2, -0.15) is 5.10 Å². The summed E-state index contributed by atoms with van der Waals surface area (Å²) in [5.41, 5.74) is 2.49. The van der Waals surface area contributed by atoms with Crippen molar-refractivity contribution in [3.63, 3.8) is 0 Å². The third-order valence-corrected chi connectivity index (χ3v) is 2.87. The van der Waals surface area contributed by atoms with Crippen LogP contribution in [0.3, 0.4) is 0 Å². The van der Waals surface area contributed by atoms with Crippen LogP contribution >= 0.6 is 0 Å². The third-order valence-electron chi connectivity index (χ3n) is 2.87. The molecular weight excluding hydrogens is 230 g/mol. The zero-order valence-electron chi connectivity index (χ0n) is 11.7. The van der Waals surface area contributed by atoms with E-state index >= 15 is 0 Å². The van der Waals surface area contributed by atoms with E-state index in [1.165, 1.54) is 11.3 Å². The van der Waals surface area contributed by atoms with Gasteiger partial charge in [0, 0.05) is 51.2 Å². The van der Waals surface area contributed by atoms with Crippen LogP contribution in [0.5, 0.6) is 0 Å². The molecule has 0 saturated carbocycles. The molecule has 1 aromatic heterocycles.